The molecule has 88 valence electrons. The van der Waals surface area contributed by atoms with Gasteiger partial charge in [-0.3, -0.25) is 0 Å². The topological polar surface area (TPSA) is 49.7 Å². The Bertz CT molecular complexity index is 371. The van der Waals surface area contributed by atoms with Gasteiger partial charge in [-0.2, -0.15) is 0 Å². The summed E-state index contributed by atoms with van der Waals surface area (Å²) >= 11 is 1.19. The van der Waals surface area contributed by atoms with E-state index in [1.807, 2.05) is 0 Å². The lowest BCUT2D eigenvalue weighted by atomic mass is 9.80. The van der Waals surface area contributed by atoms with E-state index in [9.17, 15) is 4.39 Å². The van der Waals surface area contributed by atoms with Gasteiger partial charge in [-0.1, -0.05) is 0 Å². The normalized spacial score (nSPS) is 10.7. The molecule has 0 heterocycles. The molecule has 0 saturated carbocycles. The molecule has 1 aromatic carbocycles. The number of ether oxygens (including phenoxy) is 1. The lowest BCUT2D eigenvalue weighted by molar-refractivity contribution is 0.229. The van der Waals surface area contributed by atoms with E-state index in [1.54, 1.807) is 20.1 Å². The van der Waals surface area contributed by atoms with Gasteiger partial charge < -0.3 is 14.8 Å². The van der Waals surface area contributed by atoms with Crippen LogP contribution in [0.2, 0.25) is 0 Å². The van der Waals surface area contributed by atoms with Crippen molar-refractivity contribution in [1.29, 1.82) is 0 Å². The lowest BCUT2D eigenvalue weighted by Gasteiger charge is -2.14. The molecule has 0 aliphatic heterocycles. The Labute approximate surface area is 98.8 Å². The van der Waals surface area contributed by atoms with E-state index in [2.05, 4.69) is 0 Å². The van der Waals surface area contributed by atoms with Crippen LogP contribution < -0.4 is 10.2 Å². The predicted molar refractivity (Wildman–Crippen MR) is 63.8 cm³/mol. The van der Waals surface area contributed by atoms with Crippen LogP contribution in [0.15, 0.2) is 17.0 Å². The van der Waals surface area contributed by atoms with Gasteiger partial charge in [0.1, 0.15) is 0 Å². The molecular weight excluding hydrogens is 230 g/mol. The summed E-state index contributed by atoms with van der Waals surface area (Å²) in [5.41, 5.74) is 0.224. The highest BCUT2D eigenvalue weighted by atomic mass is 32.2. The SMILES string of the molecule is CSc1cc(B(O)O)cc(OC(C)C)c1F. The van der Waals surface area contributed by atoms with Gasteiger partial charge in [0.2, 0.25) is 0 Å². The average molecular weight is 244 g/mol. The fourth-order valence-corrected chi connectivity index (χ4v) is 1.76. The molecule has 0 spiro atoms. The molecule has 1 aromatic rings. The summed E-state index contributed by atoms with van der Waals surface area (Å²) in [5, 5.41) is 18.1. The molecule has 1 rings (SSSR count). The maximum atomic E-state index is 13.8. The van der Waals surface area contributed by atoms with E-state index in [0.29, 0.717) is 4.90 Å². The third kappa shape index (κ3) is 3.14. The minimum Gasteiger partial charge on any atom is -0.488 e. The zero-order valence-corrected chi connectivity index (χ0v) is 10.2. The van der Waals surface area contributed by atoms with Crippen LogP contribution in [0.4, 0.5) is 4.39 Å². The first-order valence-corrected chi connectivity index (χ1v) is 6.08. The molecular formula is C10H14BFO3S. The van der Waals surface area contributed by atoms with Crippen molar-refractivity contribution in [2.24, 2.45) is 0 Å². The van der Waals surface area contributed by atoms with E-state index in [0.717, 1.165) is 0 Å². The summed E-state index contributed by atoms with van der Waals surface area (Å²) < 4.78 is 19.0. The van der Waals surface area contributed by atoms with Crippen LogP contribution in [0.5, 0.6) is 5.75 Å². The highest BCUT2D eigenvalue weighted by Gasteiger charge is 2.18. The van der Waals surface area contributed by atoms with Crippen molar-refractivity contribution in [2.75, 3.05) is 6.26 Å². The maximum Gasteiger partial charge on any atom is 0.488 e. The quantitative estimate of drug-likeness (QED) is 0.613. The molecule has 0 aliphatic carbocycles. The molecule has 0 fully saturated rings. The van der Waals surface area contributed by atoms with E-state index in [4.69, 9.17) is 14.8 Å². The molecule has 0 bridgehead atoms. The second kappa shape index (κ2) is 5.56. The van der Waals surface area contributed by atoms with E-state index < -0.39 is 12.9 Å². The molecule has 0 aliphatic rings. The molecule has 2 N–H and O–H groups in total. The first-order chi connectivity index (χ1) is 7.45. The van der Waals surface area contributed by atoms with E-state index in [-0.39, 0.29) is 17.3 Å². The van der Waals surface area contributed by atoms with Crippen molar-refractivity contribution in [3.63, 3.8) is 0 Å². The average Bonchev–Trinajstić information content (AvgIpc) is 2.20. The zero-order chi connectivity index (χ0) is 12.3. The smallest absolute Gasteiger partial charge is 0.488 e. The van der Waals surface area contributed by atoms with Crippen LogP contribution in [-0.4, -0.2) is 29.5 Å². The predicted octanol–water partition coefficient (Wildman–Crippen LogP) is 1.01. The van der Waals surface area contributed by atoms with Crippen molar-refractivity contribution in [2.45, 2.75) is 24.8 Å². The van der Waals surface area contributed by atoms with Crippen LogP contribution in [0, 0.1) is 5.82 Å². The Morgan fingerprint density at radius 1 is 1.38 bits per heavy atom. The third-order valence-electron chi connectivity index (χ3n) is 1.91. The summed E-state index contributed by atoms with van der Waals surface area (Å²) in [7, 11) is -1.62. The summed E-state index contributed by atoms with van der Waals surface area (Å²) in [6.45, 7) is 3.56. The minimum absolute atomic E-state index is 0.0463. The molecule has 16 heavy (non-hydrogen) atoms. The molecule has 0 atom stereocenters. The Balaban J connectivity index is 3.19. The fraction of sp³-hybridized carbons (Fsp3) is 0.400. The largest absolute Gasteiger partial charge is 0.488 e. The zero-order valence-electron chi connectivity index (χ0n) is 9.40. The Morgan fingerprint density at radius 3 is 2.44 bits per heavy atom. The second-order valence-corrected chi connectivity index (χ2v) is 4.42. The van der Waals surface area contributed by atoms with Crippen molar-refractivity contribution < 1.29 is 19.2 Å². The minimum atomic E-state index is -1.62. The van der Waals surface area contributed by atoms with Gasteiger partial charge in [0.15, 0.2) is 11.6 Å². The number of thioether (sulfide) groups is 1. The number of halogens is 1. The standard InChI is InChI=1S/C10H14BFO3S/c1-6(2)15-8-4-7(11(13)14)5-9(16-3)10(8)12/h4-6,13-14H,1-3H3. The Morgan fingerprint density at radius 2 is 2.00 bits per heavy atom. The van der Waals surface area contributed by atoms with Crippen LogP contribution >= 0.6 is 11.8 Å². The van der Waals surface area contributed by atoms with Crippen molar-refractivity contribution in [1.82, 2.24) is 0 Å². The van der Waals surface area contributed by atoms with Crippen molar-refractivity contribution in [3.8, 4) is 5.75 Å². The van der Waals surface area contributed by atoms with Crippen LogP contribution in [0.25, 0.3) is 0 Å². The molecule has 6 heteroatoms. The van der Waals surface area contributed by atoms with E-state index >= 15 is 0 Å². The van der Waals surface area contributed by atoms with Gasteiger partial charge in [0, 0.05) is 4.90 Å². The molecule has 0 saturated heterocycles. The number of rotatable bonds is 4. The molecule has 0 aromatic heterocycles. The lowest BCUT2D eigenvalue weighted by Crippen LogP contribution is -2.30. The Kier molecular flexibility index (Phi) is 4.64. The summed E-state index contributed by atoms with van der Waals surface area (Å²) in [6, 6.07) is 2.71. The first-order valence-electron chi connectivity index (χ1n) is 4.86. The van der Waals surface area contributed by atoms with Crippen molar-refractivity contribution >= 4 is 24.3 Å². The summed E-state index contributed by atoms with van der Waals surface area (Å²) in [5.74, 6) is -0.421. The summed E-state index contributed by atoms with van der Waals surface area (Å²) in [4.78, 5) is 0.334. The van der Waals surface area contributed by atoms with Gasteiger partial charge in [-0.05, 0) is 37.7 Å². The van der Waals surface area contributed by atoms with Crippen molar-refractivity contribution in [3.05, 3.63) is 17.9 Å². The monoisotopic (exact) mass is 244 g/mol. The highest BCUT2D eigenvalue weighted by molar-refractivity contribution is 7.98. The van der Waals surface area contributed by atoms with Crippen LogP contribution in [-0.2, 0) is 0 Å². The third-order valence-corrected chi connectivity index (χ3v) is 2.65. The summed E-state index contributed by atoms with van der Waals surface area (Å²) in [6.07, 6.45) is 1.54. The Hall–Kier alpha value is -0.715. The number of hydrogen-bond acceptors (Lipinski definition) is 4. The number of hydrogen-bond donors (Lipinski definition) is 2. The van der Waals surface area contributed by atoms with Crippen LogP contribution in [0.1, 0.15) is 13.8 Å². The second-order valence-electron chi connectivity index (χ2n) is 3.58. The first kappa shape index (κ1) is 13.4. The van der Waals surface area contributed by atoms with Crippen LogP contribution in [0.3, 0.4) is 0 Å². The van der Waals surface area contributed by atoms with E-state index in [1.165, 1.54) is 23.9 Å². The molecule has 0 amide bonds. The van der Waals surface area contributed by atoms with Gasteiger partial charge >= 0.3 is 7.12 Å². The maximum absolute atomic E-state index is 13.8. The van der Waals surface area contributed by atoms with Gasteiger partial charge in [0.05, 0.1) is 6.10 Å². The molecule has 3 nitrogen and oxygen atoms in total. The molecule has 0 unspecified atom stereocenters. The number of benzene rings is 1. The highest BCUT2D eigenvalue weighted by Crippen LogP contribution is 2.26. The fourth-order valence-electron chi connectivity index (χ4n) is 1.23. The van der Waals surface area contributed by atoms with Gasteiger partial charge in [0.25, 0.3) is 0 Å². The van der Waals surface area contributed by atoms with Gasteiger partial charge in [-0.15, -0.1) is 11.8 Å². The van der Waals surface area contributed by atoms with Gasteiger partial charge in [-0.25, -0.2) is 4.39 Å². The molecule has 0 radical (unpaired) electrons.